The van der Waals surface area contributed by atoms with Crippen molar-refractivity contribution in [2.24, 2.45) is 5.41 Å². The van der Waals surface area contributed by atoms with Gasteiger partial charge in [0.15, 0.2) is 0 Å². The van der Waals surface area contributed by atoms with Crippen molar-refractivity contribution < 1.29 is 0 Å². The average molecular weight is 181 g/mol. The number of rotatable bonds is 3. The molecule has 1 aromatic heterocycles. The molecular weight excluding hydrogens is 162 g/mol. The Morgan fingerprint density at radius 3 is 2.62 bits per heavy atom. The maximum atomic E-state index is 4.13. The van der Waals surface area contributed by atoms with Crippen molar-refractivity contribution in [2.45, 2.75) is 47.1 Å². The van der Waals surface area contributed by atoms with E-state index in [1.54, 1.807) is 0 Å². The predicted octanol–water partition coefficient (Wildman–Crippen LogP) is 2.28. The summed E-state index contributed by atoms with van der Waals surface area (Å²) in [6.45, 7) is 9.85. The van der Waals surface area contributed by atoms with E-state index in [0.29, 0.717) is 5.41 Å². The summed E-state index contributed by atoms with van der Waals surface area (Å²) >= 11 is 0. The van der Waals surface area contributed by atoms with Gasteiger partial charge < -0.3 is 4.57 Å². The van der Waals surface area contributed by atoms with Gasteiger partial charge in [-0.25, -0.2) is 0 Å². The summed E-state index contributed by atoms with van der Waals surface area (Å²) in [5.74, 6) is 1.11. The van der Waals surface area contributed by atoms with E-state index in [9.17, 15) is 0 Å². The second-order valence-corrected chi connectivity index (χ2v) is 4.68. The van der Waals surface area contributed by atoms with E-state index in [-0.39, 0.29) is 0 Å². The van der Waals surface area contributed by atoms with Gasteiger partial charge in [0.2, 0.25) is 0 Å². The van der Waals surface area contributed by atoms with E-state index in [1.807, 2.05) is 6.33 Å². The Morgan fingerprint density at radius 2 is 2.08 bits per heavy atom. The Morgan fingerprint density at radius 1 is 1.38 bits per heavy atom. The van der Waals surface area contributed by atoms with Crippen LogP contribution in [-0.2, 0) is 13.0 Å². The first-order valence-corrected chi connectivity index (χ1v) is 4.89. The molecule has 0 saturated carbocycles. The van der Waals surface area contributed by atoms with E-state index in [0.717, 1.165) is 25.2 Å². The lowest BCUT2D eigenvalue weighted by Gasteiger charge is -2.17. The Labute approximate surface area is 80.2 Å². The van der Waals surface area contributed by atoms with Crippen molar-refractivity contribution in [1.82, 2.24) is 14.8 Å². The fourth-order valence-electron chi connectivity index (χ4n) is 1.32. The predicted molar refractivity (Wildman–Crippen MR) is 53.5 cm³/mol. The highest BCUT2D eigenvalue weighted by Crippen LogP contribution is 2.18. The summed E-state index contributed by atoms with van der Waals surface area (Å²) in [4.78, 5) is 0. The number of aromatic nitrogens is 3. The molecule has 1 heterocycles. The summed E-state index contributed by atoms with van der Waals surface area (Å²) in [5, 5.41) is 8.07. The van der Waals surface area contributed by atoms with Crippen molar-refractivity contribution >= 4 is 0 Å². The highest BCUT2D eigenvalue weighted by Gasteiger charge is 2.15. The van der Waals surface area contributed by atoms with Crippen molar-refractivity contribution in [3.05, 3.63) is 12.2 Å². The molecule has 0 aliphatic heterocycles. The second kappa shape index (κ2) is 3.90. The normalized spacial score (nSPS) is 12.0. The molecule has 0 aliphatic rings. The molecule has 0 fully saturated rings. The van der Waals surface area contributed by atoms with Gasteiger partial charge in [-0.1, -0.05) is 27.7 Å². The topological polar surface area (TPSA) is 30.7 Å². The van der Waals surface area contributed by atoms with Gasteiger partial charge in [-0.3, -0.25) is 0 Å². The van der Waals surface area contributed by atoms with Crippen LogP contribution in [0.3, 0.4) is 0 Å². The molecule has 3 nitrogen and oxygen atoms in total. The molecule has 13 heavy (non-hydrogen) atoms. The van der Waals surface area contributed by atoms with Crippen LogP contribution in [0.4, 0.5) is 0 Å². The van der Waals surface area contributed by atoms with Gasteiger partial charge in [0.1, 0.15) is 12.2 Å². The molecule has 0 bridgehead atoms. The van der Waals surface area contributed by atoms with Crippen LogP contribution in [0.15, 0.2) is 6.33 Å². The molecule has 0 saturated heterocycles. The Balaban J connectivity index is 2.70. The van der Waals surface area contributed by atoms with Crippen LogP contribution < -0.4 is 0 Å². The summed E-state index contributed by atoms with van der Waals surface area (Å²) in [5.41, 5.74) is 0.290. The third-order valence-corrected chi connectivity index (χ3v) is 1.85. The van der Waals surface area contributed by atoms with Crippen LogP contribution in [0.25, 0.3) is 0 Å². The van der Waals surface area contributed by atoms with E-state index in [4.69, 9.17) is 0 Å². The van der Waals surface area contributed by atoms with Gasteiger partial charge >= 0.3 is 0 Å². The maximum Gasteiger partial charge on any atom is 0.133 e. The summed E-state index contributed by atoms with van der Waals surface area (Å²) in [7, 11) is 0. The van der Waals surface area contributed by atoms with Gasteiger partial charge in [-0.2, -0.15) is 0 Å². The van der Waals surface area contributed by atoms with Gasteiger partial charge in [-0.05, 0) is 11.8 Å². The molecule has 0 radical (unpaired) electrons. The minimum absolute atomic E-state index is 0.290. The molecule has 0 N–H and O–H groups in total. The number of nitrogens with zero attached hydrogens (tertiary/aromatic N) is 3. The van der Waals surface area contributed by atoms with E-state index in [1.165, 1.54) is 0 Å². The van der Waals surface area contributed by atoms with Crippen LogP contribution in [0, 0.1) is 5.41 Å². The second-order valence-electron chi connectivity index (χ2n) is 4.68. The lowest BCUT2D eigenvalue weighted by atomic mass is 9.92. The summed E-state index contributed by atoms with van der Waals surface area (Å²) < 4.78 is 2.14. The first kappa shape index (κ1) is 10.2. The molecule has 0 aromatic carbocycles. The molecule has 74 valence electrons. The minimum atomic E-state index is 0.290. The molecule has 0 atom stereocenters. The Hall–Kier alpha value is -0.860. The lowest BCUT2D eigenvalue weighted by molar-refractivity contribution is 0.390. The van der Waals surface area contributed by atoms with Gasteiger partial charge in [-0.15, -0.1) is 10.2 Å². The number of hydrogen-bond acceptors (Lipinski definition) is 2. The van der Waals surface area contributed by atoms with Crippen molar-refractivity contribution in [1.29, 1.82) is 0 Å². The molecule has 1 aromatic rings. The van der Waals surface area contributed by atoms with Crippen LogP contribution in [0.1, 0.15) is 39.9 Å². The largest absolute Gasteiger partial charge is 0.318 e. The van der Waals surface area contributed by atoms with Crippen LogP contribution in [0.2, 0.25) is 0 Å². The molecule has 0 amide bonds. The van der Waals surface area contributed by atoms with E-state index in [2.05, 4.69) is 42.5 Å². The zero-order valence-electron chi connectivity index (χ0n) is 9.04. The lowest BCUT2D eigenvalue weighted by Crippen LogP contribution is -2.14. The molecule has 1 rings (SSSR count). The molecule has 3 heteroatoms. The molecular formula is C10H19N3. The quantitative estimate of drug-likeness (QED) is 0.716. The zero-order chi connectivity index (χ0) is 9.90. The average Bonchev–Trinajstić information content (AvgIpc) is 2.34. The number of hydrogen-bond donors (Lipinski definition) is 0. The van der Waals surface area contributed by atoms with Crippen molar-refractivity contribution in [3.8, 4) is 0 Å². The van der Waals surface area contributed by atoms with Crippen molar-refractivity contribution in [2.75, 3.05) is 0 Å². The third-order valence-electron chi connectivity index (χ3n) is 1.85. The Kier molecular flexibility index (Phi) is 3.07. The summed E-state index contributed by atoms with van der Waals surface area (Å²) in [6, 6.07) is 0. The highest BCUT2D eigenvalue weighted by atomic mass is 15.3. The van der Waals surface area contributed by atoms with E-state index >= 15 is 0 Å². The minimum Gasteiger partial charge on any atom is -0.318 e. The van der Waals surface area contributed by atoms with Crippen LogP contribution in [-0.4, -0.2) is 14.8 Å². The van der Waals surface area contributed by atoms with Gasteiger partial charge in [0, 0.05) is 13.0 Å². The zero-order valence-corrected chi connectivity index (χ0v) is 9.04. The van der Waals surface area contributed by atoms with Crippen LogP contribution in [0.5, 0.6) is 0 Å². The highest BCUT2D eigenvalue weighted by molar-refractivity contribution is 4.90. The maximum absolute atomic E-state index is 4.13. The van der Waals surface area contributed by atoms with Gasteiger partial charge in [0.05, 0.1) is 0 Å². The third kappa shape index (κ3) is 3.17. The first-order chi connectivity index (χ1) is 6.03. The fourth-order valence-corrected chi connectivity index (χ4v) is 1.32. The molecule has 0 unspecified atom stereocenters. The standard InChI is InChI=1S/C10H19N3/c1-5-6-13-8-11-12-9(13)7-10(2,3)4/h8H,5-7H2,1-4H3. The van der Waals surface area contributed by atoms with E-state index < -0.39 is 0 Å². The first-order valence-electron chi connectivity index (χ1n) is 4.89. The summed E-state index contributed by atoms with van der Waals surface area (Å²) in [6.07, 6.45) is 3.95. The van der Waals surface area contributed by atoms with Crippen molar-refractivity contribution in [3.63, 3.8) is 0 Å². The SMILES string of the molecule is CCCn1cnnc1CC(C)(C)C. The molecule has 0 spiro atoms. The van der Waals surface area contributed by atoms with Crippen LogP contribution >= 0.6 is 0 Å². The molecule has 0 aliphatic carbocycles. The van der Waals surface area contributed by atoms with Gasteiger partial charge in [0.25, 0.3) is 0 Å². The fraction of sp³-hybridized carbons (Fsp3) is 0.800. The number of aryl methyl sites for hydroxylation is 1. The monoisotopic (exact) mass is 181 g/mol. The smallest absolute Gasteiger partial charge is 0.133 e. The Bertz CT molecular complexity index is 257.